The van der Waals surface area contributed by atoms with Crippen LogP contribution in [-0.2, 0) is 15.0 Å². The van der Waals surface area contributed by atoms with Crippen LogP contribution in [-0.4, -0.2) is 51.6 Å². The summed E-state index contributed by atoms with van der Waals surface area (Å²) in [5, 5.41) is 8.60. The number of benzene rings is 1. The van der Waals surface area contributed by atoms with E-state index in [1.165, 1.54) is 26.4 Å². The monoisotopic (exact) mass is 304 g/mol. The quantitative estimate of drug-likeness (QED) is 0.754. The molecular formula is C11H16N2O6S. The second kappa shape index (κ2) is 6.44. The van der Waals surface area contributed by atoms with Gasteiger partial charge in [0.15, 0.2) is 0 Å². The van der Waals surface area contributed by atoms with Crippen LogP contribution in [0.3, 0.4) is 0 Å². The number of methoxy groups -OCH3 is 2. The molecule has 20 heavy (non-hydrogen) atoms. The van der Waals surface area contributed by atoms with E-state index < -0.39 is 22.7 Å². The zero-order chi connectivity index (χ0) is 15.3. The molecule has 0 saturated carbocycles. The summed E-state index contributed by atoms with van der Waals surface area (Å²) in [6.45, 7) is -0.642. The summed E-state index contributed by atoms with van der Waals surface area (Å²) in [6.07, 6.45) is 0. The second-order valence-electron chi connectivity index (χ2n) is 3.86. The van der Waals surface area contributed by atoms with Gasteiger partial charge in [0, 0.05) is 25.2 Å². The number of carboxylic acid groups (broad SMARTS) is 1. The van der Waals surface area contributed by atoms with Crippen LogP contribution >= 0.6 is 0 Å². The summed E-state index contributed by atoms with van der Waals surface area (Å²) in [5.41, 5.74) is 0.207. The molecule has 2 N–H and O–H groups in total. The van der Waals surface area contributed by atoms with Crippen molar-refractivity contribution in [1.82, 2.24) is 4.31 Å². The third kappa shape index (κ3) is 4.28. The lowest BCUT2D eigenvalue weighted by molar-refractivity contribution is -0.137. The van der Waals surface area contributed by atoms with Gasteiger partial charge in [0.2, 0.25) is 0 Å². The molecule has 0 aliphatic carbocycles. The van der Waals surface area contributed by atoms with Crippen molar-refractivity contribution in [3.63, 3.8) is 0 Å². The number of carboxylic acids is 1. The van der Waals surface area contributed by atoms with E-state index in [-0.39, 0.29) is 5.69 Å². The van der Waals surface area contributed by atoms with Gasteiger partial charge in [0.05, 0.1) is 19.9 Å². The van der Waals surface area contributed by atoms with Gasteiger partial charge in [-0.1, -0.05) is 0 Å². The van der Waals surface area contributed by atoms with Gasteiger partial charge < -0.3 is 14.6 Å². The van der Waals surface area contributed by atoms with E-state index in [0.29, 0.717) is 15.8 Å². The molecule has 0 fully saturated rings. The smallest absolute Gasteiger partial charge is 0.318 e. The Morgan fingerprint density at radius 3 is 2.15 bits per heavy atom. The molecule has 0 aromatic heterocycles. The van der Waals surface area contributed by atoms with Gasteiger partial charge in [-0.15, -0.1) is 0 Å². The van der Waals surface area contributed by atoms with Crippen molar-refractivity contribution in [2.24, 2.45) is 0 Å². The summed E-state index contributed by atoms with van der Waals surface area (Å²) < 4.78 is 36.8. The number of hydrogen-bond acceptors (Lipinski definition) is 5. The number of ether oxygens (including phenoxy) is 2. The molecule has 0 aliphatic rings. The fourth-order valence-electron chi connectivity index (χ4n) is 1.37. The Morgan fingerprint density at radius 2 is 1.75 bits per heavy atom. The predicted octanol–water partition coefficient (Wildman–Crippen LogP) is 0.377. The van der Waals surface area contributed by atoms with Gasteiger partial charge in [-0.05, 0) is 0 Å². The van der Waals surface area contributed by atoms with Crippen LogP contribution in [0, 0.1) is 0 Å². The number of anilines is 1. The maximum Gasteiger partial charge on any atom is 0.318 e. The highest BCUT2D eigenvalue weighted by Gasteiger charge is 2.20. The number of aliphatic carboxylic acids is 1. The summed E-state index contributed by atoms with van der Waals surface area (Å²) in [7, 11) is 0.0619. The largest absolute Gasteiger partial charge is 0.497 e. The van der Waals surface area contributed by atoms with Crippen molar-refractivity contribution >= 4 is 21.9 Å². The molecule has 0 heterocycles. The maximum atomic E-state index is 11.9. The van der Waals surface area contributed by atoms with Crippen LogP contribution in [0.15, 0.2) is 18.2 Å². The third-order valence-electron chi connectivity index (χ3n) is 2.37. The number of carbonyl (C=O) groups is 1. The highest BCUT2D eigenvalue weighted by atomic mass is 32.2. The third-order valence-corrected chi connectivity index (χ3v) is 3.81. The van der Waals surface area contributed by atoms with Crippen molar-refractivity contribution in [3.8, 4) is 11.5 Å². The molecule has 0 bridgehead atoms. The van der Waals surface area contributed by atoms with Crippen LogP contribution in [0.5, 0.6) is 11.5 Å². The van der Waals surface area contributed by atoms with E-state index in [1.54, 1.807) is 6.07 Å². The zero-order valence-electron chi connectivity index (χ0n) is 11.3. The van der Waals surface area contributed by atoms with E-state index in [0.717, 1.165) is 7.05 Å². The molecule has 1 rings (SSSR count). The normalized spacial score (nSPS) is 11.2. The molecule has 0 atom stereocenters. The van der Waals surface area contributed by atoms with Crippen LogP contribution in [0.4, 0.5) is 5.69 Å². The van der Waals surface area contributed by atoms with E-state index >= 15 is 0 Å². The first-order chi connectivity index (χ1) is 9.28. The Balaban J connectivity index is 2.99. The van der Waals surface area contributed by atoms with Gasteiger partial charge in [-0.3, -0.25) is 9.52 Å². The van der Waals surface area contributed by atoms with Crippen molar-refractivity contribution in [3.05, 3.63) is 18.2 Å². The molecule has 0 spiro atoms. The first-order valence-corrected chi connectivity index (χ1v) is 6.91. The molecule has 0 amide bonds. The predicted molar refractivity (Wildman–Crippen MR) is 72.4 cm³/mol. The summed E-state index contributed by atoms with van der Waals surface area (Å²) in [4.78, 5) is 10.5. The van der Waals surface area contributed by atoms with Gasteiger partial charge in [0.1, 0.15) is 18.0 Å². The molecule has 8 nitrogen and oxygen atoms in total. The number of hydrogen-bond donors (Lipinski definition) is 2. The van der Waals surface area contributed by atoms with Gasteiger partial charge in [-0.25, -0.2) is 0 Å². The summed E-state index contributed by atoms with van der Waals surface area (Å²) in [5.74, 6) is -0.438. The Morgan fingerprint density at radius 1 is 1.25 bits per heavy atom. The van der Waals surface area contributed by atoms with Crippen LogP contribution < -0.4 is 14.2 Å². The summed E-state index contributed by atoms with van der Waals surface area (Å²) >= 11 is 0. The zero-order valence-corrected chi connectivity index (χ0v) is 12.1. The van der Waals surface area contributed by atoms with Gasteiger partial charge >= 0.3 is 16.2 Å². The van der Waals surface area contributed by atoms with Crippen LogP contribution in [0.1, 0.15) is 0 Å². The maximum absolute atomic E-state index is 11.9. The minimum Gasteiger partial charge on any atom is -0.497 e. The standard InChI is InChI=1S/C11H16N2O6S/c1-13(7-11(14)15)20(16,17)12-8-4-9(18-2)6-10(5-8)19-3/h4-6,12H,7H2,1-3H3,(H,14,15). The molecule has 0 saturated heterocycles. The lowest BCUT2D eigenvalue weighted by Gasteiger charge is -2.17. The Kier molecular flexibility index (Phi) is 5.17. The van der Waals surface area contributed by atoms with Gasteiger partial charge in [-0.2, -0.15) is 12.7 Å². The van der Waals surface area contributed by atoms with Gasteiger partial charge in [0.25, 0.3) is 0 Å². The first-order valence-electron chi connectivity index (χ1n) is 5.47. The fraction of sp³-hybridized carbons (Fsp3) is 0.364. The number of likely N-dealkylation sites (N-methyl/N-ethyl adjacent to an activating group) is 1. The molecule has 112 valence electrons. The van der Waals surface area contributed by atoms with E-state index in [4.69, 9.17) is 14.6 Å². The minimum atomic E-state index is -3.97. The molecule has 0 aliphatic heterocycles. The van der Waals surface area contributed by atoms with Crippen molar-refractivity contribution in [1.29, 1.82) is 0 Å². The lowest BCUT2D eigenvalue weighted by Crippen LogP contribution is -2.36. The lowest BCUT2D eigenvalue weighted by atomic mass is 10.3. The van der Waals surface area contributed by atoms with Crippen molar-refractivity contribution < 1.29 is 27.8 Å². The number of nitrogens with one attached hydrogen (secondary N) is 1. The SMILES string of the molecule is COc1cc(NS(=O)(=O)N(C)CC(=O)O)cc(OC)c1. The van der Waals surface area contributed by atoms with Crippen molar-refractivity contribution in [2.75, 3.05) is 32.5 Å². The molecule has 0 unspecified atom stereocenters. The topological polar surface area (TPSA) is 105 Å². The van der Waals surface area contributed by atoms with E-state index in [1.807, 2.05) is 0 Å². The minimum absolute atomic E-state index is 0.207. The van der Waals surface area contributed by atoms with Crippen LogP contribution in [0.25, 0.3) is 0 Å². The highest BCUT2D eigenvalue weighted by molar-refractivity contribution is 7.90. The van der Waals surface area contributed by atoms with Crippen LogP contribution in [0.2, 0.25) is 0 Å². The molecule has 1 aromatic rings. The molecule has 9 heteroatoms. The van der Waals surface area contributed by atoms with E-state index in [2.05, 4.69) is 4.72 Å². The molecule has 0 radical (unpaired) electrons. The first kappa shape index (κ1) is 16.1. The fourth-order valence-corrected chi connectivity index (χ4v) is 2.22. The number of rotatable bonds is 7. The number of nitrogens with zero attached hydrogens (tertiary/aromatic N) is 1. The average molecular weight is 304 g/mol. The van der Waals surface area contributed by atoms with Crippen molar-refractivity contribution in [2.45, 2.75) is 0 Å². The second-order valence-corrected chi connectivity index (χ2v) is 5.64. The highest BCUT2D eigenvalue weighted by Crippen LogP contribution is 2.26. The Hall–Kier alpha value is -2.00. The van der Waals surface area contributed by atoms with E-state index in [9.17, 15) is 13.2 Å². The average Bonchev–Trinajstić information content (AvgIpc) is 2.36. The molecular weight excluding hydrogens is 288 g/mol. The Labute approximate surface area is 117 Å². The summed E-state index contributed by atoms with van der Waals surface area (Å²) in [6, 6.07) is 4.49. The molecule has 1 aromatic carbocycles. The Bertz CT molecular complexity index is 564.